The van der Waals surface area contributed by atoms with Crippen molar-refractivity contribution in [1.82, 2.24) is 0 Å². The van der Waals surface area contributed by atoms with Gasteiger partial charge in [0.05, 0.1) is 5.41 Å². The van der Waals surface area contributed by atoms with Crippen molar-refractivity contribution in [2.24, 2.45) is 17.3 Å². The van der Waals surface area contributed by atoms with Gasteiger partial charge in [-0.15, -0.1) is 0 Å². The Labute approximate surface area is 78.6 Å². The average Bonchev–Trinajstić information content (AvgIpc) is 2.60. The highest BCUT2D eigenvalue weighted by atomic mass is 16.4. The average molecular weight is 180 g/mol. The molecule has 2 nitrogen and oxygen atoms in total. The van der Waals surface area contributed by atoms with Crippen molar-refractivity contribution in [3.05, 3.63) is 11.1 Å². The Kier molecular flexibility index (Phi) is 1.60. The summed E-state index contributed by atoms with van der Waals surface area (Å²) in [6.45, 7) is 6.16. The van der Waals surface area contributed by atoms with Gasteiger partial charge in [-0.3, -0.25) is 4.79 Å². The Hall–Kier alpha value is -0.790. The van der Waals surface area contributed by atoms with E-state index in [4.69, 9.17) is 5.11 Å². The van der Waals surface area contributed by atoms with E-state index in [-0.39, 0.29) is 0 Å². The molecule has 2 unspecified atom stereocenters. The summed E-state index contributed by atoms with van der Waals surface area (Å²) in [4.78, 5) is 11.0. The predicted octanol–water partition coefficient (Wildman–Crippen LogP) is 2.45. The van der Waals surface area contributed by atoms with Crippen LogP contribution >= 0.6 is 0 Å². The predicted molar refractivity (Wildman–Crippen MR) is 50.3 cm³/mol. The molecule has 0 aliphatic heterocycles. The van der Waals surface area contributed by atoms with E-state index in [0.29, 0.717) is 11.8 Å². The number of hydrogen-bond donors (Lipinski definition) is 1. The first-order chi connectivity index (χ1) is 5.98. The highest BCUT2D eigenvalue weighted by Gasteiger charge is 2.66. The van der Waals surface area contributed by atoms with Crippen LogP contribution in [0.3, 0.4) is 0 Å². The van der Waals surface area contributed by atoms with Crippen LogP contribution in [0.4, 0.5) is 0 Å². The number of aliphatic carboxylic acids is 1. The lowest BCUT2D eigenvalue weighted by molar-refractivity contribution is -0.143. The third kappa shape index (κ3) is 0.976. The maximum atomic E-state index is 11.0. The highest BCUT2D eigenvalue weighted by Crippen LogP contribution is 2.66. The molecule has 0 saturated heterocycles. The Morgan fingerprint density at radius 1 is 1.31 bits per heavy atom. The second-order valence-electron chi connectivity index (χ2n) is 4.77. The van der Waals surface area contributed by atoms with Crippen LogP contribution in [-0.2, 0) is 4.79 Å². The van der Waals surface area contributed by atoms with Crippen molar-refractivity contribution in [1.29, 1.82) is 0 Å². The molecule has 1 saturated carbocycles. The fraction of sp³-hybridized carbons (Fsp3) is 0.727. The van der Waals surface area contributed by atoms with E-state index < -0.39 is 11.4 Å². The van der Waals surface area contributed by atoms with E-state index in [9.17, 15) is 4.79 Å². The summed E-state index contributed by atoms with van der Waals surface area (Å²) in [5.41, 5.74) is 2.40. The highest BCUT2D eigenvalue weighted by molar-refractivity contribution is 5.79. The molecule has 2 atom stereocenters. The van der Waals surface area contributed by atoms with E-state index >= 15 is 0 Å². The fourth-order valence-electron chi connectivity index (χ4n) is 2.73. The molecular weight excluding hydrogens is 164 g/mol. The molecule has 2 rings (SSSR count). The van der Waals surface area contributed by atoms with Crippen LogP contribution in [0.15, 0.2) is 11.1 Å². The first-order valence-electron chi connectivity index (χ1n) is 4.86. The molecule has 0 aromatic rings. The van der Waals surface area contributed by atoms with Crippen molar-refractivity contribution >= 4 is 5.97 Å². The number of hydrogen-bond acceptors (Lipinski definition) is 1. The maximum absolute atomic E-state index is 11.0. The van der Waals surface area contributed by atoms with Crippen molar-refractivity contribution < 1.29 is 9.90 Å². The standard InChI is InChI=1S/C11H16O2/c1-6-4-8-9(5-7(6)2)11(8,3)10(12)13/h8-9H,4-5H2,1-3H3,(H,12,13). The van der Waals surface area contributed by atoms with Gasteiger partial charge >= 0.3 is 5.97 Å². The van der Waals surface area contributed by atoms with Gasteiger partial charge in [-0.1, -0.05) is 11.1 Å². The number of carbonyl (C=O) groups is 1. The van der Waals surface area contributed by atoms with Gasteiger partial charge in [0.25, 0.3) is 0 Å². The first-order valence-corrected chi connectivity index (χ1v) is 4.86. The Balaban J connectivity index is 2.21. The minimum absolute atomic E-state index is 0.411. The zero-order chi connectivity index (χ0) is 9.80. The number of carboxylic acids is 1. The number of fused-ring (bicyclic) bond motifs is 1. The molecule has 0 spiro atoms. The van der Waals surface area contributed by atoms with Gasteiger partial charge in [-0.2, -0.15) is 0 Å². The largest absolute Gasteiger partial charge is 0.481 e. The van der Waals surface area contributed by atoms with Crippen molar-refractivity contribution in [2.75, 3.05) is 0 Å². The monoisotopic (exact) mass is 180 g/mol. The summed E-state index contributed by atoms with van der Waals surface area (Å²) in [5, 5.41) is 9.10. The molecule has 0 aromatic heterocycles. The van der Waals surface area contributed by atoms with Gasteiger partial charge in [0.1, 0.15) is 0 Å². The van der Waals surface area contributed by atoms with Crippen molar-refractivity contribution in [3.63, 3.8) is 0 Å². The van der Waals surface area contributed by atoms with E-state index in [2.05, 4.69) is 13.8 Å². The van der Waals surface area contributed by atoms with Crippen LogP contribution in [0.5, 0.6) is 0 Å². The third-order valence-electron chi connectivity index (χ3n) is 4.16. The van der Waals surface area contributed by atoms with Crippen molar-refractivity contribution in [3.8, 4) is 0 Å². The second kappa shape index (κ2) is 2.37. The Morgan fingerprint density at radius 2 is 1.69 bits per heavy atom. The fourth-order valence-corrected chi connectivity index (χ4v) is 2.73. The molecule has 0 amide bonds. The Bertz CT molecular complexity index is 281. The van der Waals surface area contributed by atoms with Crippen LogP contribution < -0.4 is 0 Å². The zero-order valence-electron chi connectivity index (χ0n) is 8.42. The smallest absolute Gasteiger partial charge is 0.309 e. The molecule has 2 aliphatic carbocycles. The van der Waals surface area contributed by atoms with Gasteiger partial charge in [0.15, 0.2) is 0 Å². The number of rotatable bonds is 1. The van der Waals surface area contributed by atoms with Gasteiger partial charge < -0.3 is 5.11 Å². The topological polar surface area (TPSA) is 37.3 Å². The molecular formula is C11H16O2. The lowest BCUT2D eigenvalue weighted by Gasteiger charge is -2.11. The van der Waals surface area contributed by atoms with E-state index in [0.717, 1.165) is 12.8 Å². The summed E-state index contributed by atoms with van der Waals surface area (Å²) < 4.78 is 0. The minimum atomic E-state index is -0.606. The number of allylic oxidation sites excluding steroid dienone is 2. The Morgan fingerprint density at radius 3 is 2.00 bits per heavy atom. The number of carboxylic acid groups (broad SMARTS) is 1. The molecule has 2 heteroatoms. The second-order valence-corrected chi connectivity index (χ2v) is 4.77. The van der Waals surface area contributed by atoms with Crippen LogP contribution in [0.1, 0.15) is 33.6 Å². The van der Waals surface area contributed by atoms with Gasteiger partial charge in [-0.25, -0.2) is 0 Å². The van der Waals surface area contributed by atoms with Crippen molar-refractivity contribution in [2.45, 2.75) is 33.6 Å². The summed E-state index contributed by atoms with van der Waals surface area (Å²) in [7, 11) is 0. The summed E-state index contributed by atoms with van der Waals surface area (Å²) in [6.07, 6.45) is 2.00. The molecule has 13 heavy (non-hydrogen) atoms. The third-order valence-corrected chi connectivity index (χ3v) is 4.16. The molecule has 1 fully saturated rings. The molecule has 0 bridgehead atoms. The normalized spacial score (nSPS) is 43.0. The van der Waals surface area contributed by atoms with E-state index in [1.54, 1.807) is 0 Å². The lowest BCUT2D eigenvalue weighted by Crippen LogP contribution is -2.14. The minimum Gasteiger partial charge on any atom is -0.481 e. The van der Waals surface area contributed by atoms with Crippen LogP contribution in [0, 0.1) is 17.3 Å². The quantitative estimate of drug-likeness (QED) is 0.629. The maximum Gasteiger partial charge on any atom is 0.309 e. The molecule has 2 aliphatic rings. The van der Waals surface area contributed by atoms with Crippen LogP contribution in [0.2, 0.25) is 0 Å². The SMILES string of the molecule is CC1=C(C)CC2C(C1)C2(C)C(=O)O. The van der Waals surface area contributed by atoms with Gasteiger partial charge in [-0.05, 0) is 45.4 Å². The van der Waals surface area contributed by atoms with Crippen LogP contribution in [-0.4, -0.2) is 11.1 Å². The summed E-state index contributed by atoms with van der Waals surface area (Å²) in [5.74, 6) is 0.215. The lowest BCUT2D eigenvalue weighted by atomic mass is 9.94. The molecule has 72 valence electrons. The van der Waals surface area contributed by atoms with E-state index in [1.165, 1.54) is 11.1 Å². The molecule has 1 N–H and O–H groups in total. The zero-order valence-corrected chi connectivity index (χ0v) is 8.42. The summed E-state index contributed by atoms with van der Waals surface area (Å²) >= 11 is 0. The first kappa shape index (κ1) is 8.79. The molecule has 0 heterocycles. The van der Waals surface area contributed by atoms with Gasteiger partial charge in [0.2, 0.25) is 0 Å². The van der Waals surface area contributed by atoms with Crippen LogP contribution in [0.25, 0.3) is 0 Å². The van der Waals surface area contributed by atoms with E-state index in [1.807, 2.05) is 6.92 Å². The summed E-state index contributed by atoms with van der Waals surface area (Å²) in [6, 6.07) is 0. The van der Waals surface area contributed by atoms with Gasteiger partial charge in [0, 0.05) is 0 Å². The molecule has 0 aromatic carbocycles. The molecule has 0 radical (unpaired) electrons.